The second-order valence-electron chi connectivity index (χ2n) is 4.97. The maximum absolute atomic E-state index is 6.25. The summed E-state index contributed by atoms with van der Waals surface area (Å²) >= 11 is 7.89. The zero-order chi connectivity index (χ0) is 14.3. The van der Waals surface area contributed by atoms with Gasteiger partial charge in [-0.05, 0) is 19.8 Å². The number of rotatable bonds is 5. The lowest BCUT2D eigenvalue weighted by Crippen LogP contribution is -2.08. The van der Waals surface area contributed by atoms with Gasteiger partial charge in [0.15, 0.2) is 5.16 Å². The van der Waals surface area contributed by atoms with Gasteiger partial charge in [-0.1, -0.05) is 23.4 Å². The minimum absolute atomic E-state index is 0.427. The van der Waals surface area contributed by atoms with Gasteiger partial charge < -0.3 is 10.3 Å². The van der Waals surface area contributed by atoms with E-state index < -0.39 is 0 Å². The molecule has 0 amide bonds. The Bertz CT molecular complexity index is 630. The van der Waals surface area contributed by atoms with E-state index >= 15 is 0 Å². The summed E-state index contributed by atoms with van der Waals surface area (Å²) in [6.45, 7) is 2.40. The highest BCUT2D eigenvalue weighted by molar-refractivity contribution is 7.98. The Kier molecular flexibility index (Phi) is 3.74. The van der Waals surface area contributed by atoms with Crippen LogP contribution in [0.15, 0.2) is 5.16 Å². The third-order valence-corrected chi connectivity index (χ3v) is 4.89. The lowest BCUT2D eigenvalue weighted by atomic mass is 10.3. The standard InChI is InChI=1S/C12H17ClN6S/c1-7-9(11(13)18(2)17-7)6-20-12-16-15-10(5-14)19(12)8-3-4-8/h8H,3-6,14H2,1-2H3. The van der Waals surface area contributed by atoms with Crippen LogP contribution in [0.25, 0.3) is 0 Å². The number of aromatic nitrogens is 5. The normalized spacial score (nSPS) is 15.0. The van der Waals surface area contributed by atoms with Crippen molar-refractivity contribution in [2.45, 2.75) is 43.3 Å². The van der Waals surface area contributed by atoms with Crippen LogP contribution in [0.5, 0.6) is 0 Å². The van der Waals surface area contributed by atoms with E-state index in [2.05, 4.69) is 19.9 Å². The number of aryl methyl sites for hydroxylation is 2. The molecule has 0 spiro atoms. The number of thioether (sulfide) groups is 1. The summed E-state index contributed by atoms with van der Waals surface area (Å²) in [6.07, 6.45) is 2.37. The van der Waals surface area contributed by atoms with E-state index in [0.717, 1.165) is 28.0 Å². The van der Waals surface area contributed by atoms with Gasteiger partial charge >= 0.3 is 0 Å². The van der Waals surface area contributed by atoms with Crippen LogP contribution in [0.3, 0.4) is 0 Å². The van der Waals surface area contributed by atoms with Crippen LogP contribution >= 0.6 is 23.4 Å². The van der Waals surface area contributed by atoms with Crippen molar-refractivity contribution in [2.24, 2.45) is 12.8 Å². The number of hydrogen-bond donors (Lipinski definition) is 1. The average Bonchev–Trinajstić information content (AvgIpc) is 3.13. The number of nitrogens with zero attached hydrogens (tertiary/aromatic N) is 5. The molecular formula is C12H17ClN6S. The molecule has 1 fully saturated rings. The van der Waals surface area contributed by atoms with Crippen LogP contribution in [0.1, 0.15) is 36.0 Å². The second-order valence-corrected chi connectivity index (χ2v) is 6.27. The quantitative estimate of drug-likeness (QED) is 0.855. The van der Waals surface area contributed by atoms with E-state index in [1.165, 1.54) is 12.8 Å². The highest BCUT2D eigenvalue weighted by Gasteiger charge is 2.29. The average molecular weight is 313 g/mol. The molecule has 0 unspecified atom stereocenters. The van der Waals surface area contributed by atoms with Crippen LogP contribution in [0.4, 0.5) is 0 Å². The van der Waals surface area contributed by atoms with Crippen molar-refractivity contribution in [1.82, 2.24) is 24.5 Å². The van der Waals surface area contributed by atoms with Crippen LogP contribution in [0, 0.1) is 6.92 Å². The maximum atomic E-state index is 6.25. The van der Waals surface area contributed by atoms with Gasteiger partial charge in [0, 0.05) is 24.4 Å². The van der Waals surface area contributed by atoms with Gasteiger partial charge in [0.25, 0.3) is 0 Å². The molecular weight excluding hydrogens is 296 g/mol. The molecule has 108 valence electrons. The van der Waals surface area contributed by atoms with Crippen LogP contribution in [0.2, 0.25) is 5.15 Å². The molecule has 1 aliphatic rings. The van der Waals surface area contributed by atoms with Gasteiger partial charge in [-0.25, -0.2) is 0 Å². The van der Waals surface area contributed by atoms with Crippen molar-refractivity contribution in [1.29, 1.82) is 0 Å². The summed E-state index contributed by atoms with van der Waals surface area (Å²) in [5.74, 6) is 1.61. The molecule has 6 nitrogen and oxygen atoms in total. The Morgan fingerprint density at radius 3 is 2.70 bits per heavy atom. The predicted molar refractivity (Wildman–Crippen MR) is 78.7 cm³/mol. The first-order valence-corrected chi connectivity index (χ1v) is 7.92. The molecule has 1 saturated carbocycles. The van der Waals surface area contributed by atoms with Crippen molar-refractivity contribution in [2.75, 3.05) is 0 Å². The highest BCUT2D eigenvalue weighted by atomic mass is 35.5. The molecule has 2 N–H and O–H groups in total. The Balaban J connectivity index is 1.80. The van der Waals surface area contributed by atoms with Gasteiger partial charge in [0.05, 0.1) is 12.2 Å². The Hall–Kier alpha value is -1.05. The number of hydrogen-bond acceptors (Lipinski definition) is 5. The minimum atomic E-state index is 0.427. The SMILES string of the molecule is Cc1nn(C)c(Cl)c1CSc1nnc(CN)n1C1CC1. The second kappa shape index (κ2) is 5.38. The van der Waals surface area contributed by atoms with E-state index in [9.17, 15) is 0 Å². The van der Waals surface area contributed by atoms with Gasteiger partial charge in [-0.15, -0.1) is 10.2 Å². The number of nitrogens with two attached hydrogens (primary N) is 1. The zero-order valence-corrected chi connectivity index (χ0v) is 13.1. The first-order valence-electron chi connectivity index (χ1n) is 6.56. The Labute approximate surface area is 126 Å². The van der Waals surface area contributed by atoms with Gasteiger partial charge in [-0.3, -0.25) is 4.68 Å². The predicted octanol–water partition coefficient (Wildman–Crippen LogP) is 2.06. The van der Waals surface area contributed by atoms with E-state index in [1.807, 2.05) is 14.0 Å². The molecule has 2 heterocycles. The Morgan fingerprint density at radius 2 is 2.15 bits per heavy atom. The van der Waals surface area contributed by atoms with Crippen molar-refractivity contribution in [3.63, 3.8) is 0 Å². The van der Waals surface area contributed by atoms with E-state index in [0.29, 0.717) is 17.7 Å². The van der Waals surface area contributed by atoms with E-state index in [-0.39, 0.29) is 0 Å². The van der Waals surface area contributed by atoms with Crippen molar-refractivity contribution in [3.8, 4) is 0 Å². The summed E-state index contributed by atoms with van der Waals surface area (Å²) in [4.78, 5) is 0. The fourth-order valence-corrected chi connectivity index (χ4v) is 3.65. The van der Waals surface area contributed by atoms with Crippen LogP contribution in [-0.2, 0) is 19.3 Å². The smallest absolute Gasteiger partial charge is 0.191 e. The van der Waals surface area contributed by atoms with Gasteiger partial charge in [-0.2, -0.15) is 5.10 Å². The summed E-state index contributed by atoms with van der Waals surface area (Å²) in [5, 5.41) is 14.4. The molecule has 0 bridgehead atoms. The first kappa shape index (κ1) is 13.9. The topological polar surface area (TPSA) is 74.6 Å². The molecule has 0 aromatic carbocycles. The summed E-state index contributed by atoms with van der Waals surface area (Å²) in [5.41, 5.74) is 7.74. The first-order chi connectivity index (χ1) is 9.61. The molecule has 0 saturated heterocycles. The van der Waals surface area contributed by atoms with Gasteiger partial charge in [0.2, 0.25) is 0 Å². The summed E-state index contributed by atoms with van der Waals surface area (Å²) < 4.78 is 3.87. The van der Waals surface area contributed by atoms with Crippen molar-refractivity contribution in [3.05, 3.63) is 22.2 Å². The molecule has 0 atom stereocenters. The van der Waals surface area contributed by atoms with E-state index in [4.69, 9.17) is 17.3 Å². The van der Waals surface area contributed by atoms with E-state index in [1.54, 1.807) is 16.4 Å². The van der Waals surface area contributed by atoms with Crippen molar-refractivity contribution < 1.29 is 0 Å². The minimum Gasteiger partial charge on any atom is -0.324 e. The summed E-state index contributed by atoms with van der Waals surface area (Å²) in [6, 6.07) is 0.525. The van der Waals surface area contributed by atoms with Crippen LogP contribution < -0.4 is 5.73 Å². The fraction of sp³-hybridized carbons (Fsp3) is 0.583. The maximum Gasteiger partial charge on any atom is 0.191 e. The van der Waals surface area contributed by atoms with Crippen molar-refractivity contribution >= 4 is 23.4 Å². The molecule has 0 radical (unpaired) electrons. The third-order valence-electron chi connectivity index (χ3n) is 3.45. The fourth-order valence-electron chi connectivity index (χ4n) is 2.22. The molecule has 3 rings (SSSR count). The van der Waals surface area contributed by atoms with Gasteiger partial charge in [0.1, 0.15) is 11.0 Å². The van der Waals surface area contributed by atoms with Crippen LogP contribution in [-0.4, -0.2) is 24.5 Å². The lowest BCUT2D eigenvalue weighted by molar-refractivity contribution is 0.626. The number of halogens is 1. The monoisotopic (exact) mass is 312 g/mol. The molecule has 1 aliphatic carbocycles. The lowest BCUT2D eigenvalue weighted by Gasteiger charge is -2.07. The molecule has 8 heteroatoms. The molecule has 2 aromatic rings. The third kappa shape index (κ3) is 2.45. The Morgan fingerprint density at radius 1 is 1.40 bits per heavy atom. The molecule has 0 aliphatic heterocycles. The summed E-state index contributed by atoms with van der Waals surface area (Å²) in [7, 11) is 1.85. The molecule has 2 aromatic heterocycles. The zero-order valence-electron chi connectivity index (χ0n) is 11.5. The highest BCUT2D eigenvalue weighted by Crippen LogP contribution is 2.39. The molecule has 20 heavy (non-hydrogen) atoms. The largest absolute Gasteiger partial charge is 0.324 e.